The van der Waals surface area contributed by atoms with Crippen LogP contribution < -0.4 is 114 Å². The second-order valence-electron chi connectivity index (χ2n) is 27.9. The van der Waals surface area contributed by atoms with Crippen LogP contribution in [0.2, 0.25) is 0 Å². The Morgan fingerprint density at radius 1 is 0.175 bits per heavy atom. The summed E-state index contributed by atoms with van der Waals surface area (Å²) in [4.78, 5) is 40.3. The fraction of sp³-hybridized carbons (Fsp3) is 0.0909. The predicted octanol–water partition coefficient (Wildman–Crippen LogP) is 19.0. The molecule has 2 N–H and O–H groups in total. The van der Waals surface area contributed by atoms with Crippen molar-refractivity contribution in [2.45, 2.75) is 0 Å². The summed E-state index contributed by atoms with van der Waals surface area (Å²) >= 11 is 0. The maximum absolute atomic E-state index is 6.92. The Bertz CT molecular complexity index is 6330. The van der Waals surface area contributed by atoms with Crippen LogP contribution in [-0.2, 0) is 0 Å². The number of hydrogen-bond acceptors (Lipinski definition) is 30. The molecule has 0 saturated heterocycles. The highest BCUT2D eigenvalue weighted by Crippen LogP contribution is 2.54. The zero-order valence-corrected chi connectivity index (χ0v) is 61.6. The number of H-pyrrole nitrogens is 2. The average Bonchev–Trinajstić information content (AvgIpc) is 1.59. The molecule has 12 aromatic carbocycles. The molecule has 32 nitrogen and oxygen atoms in total. The predicted molar refractivity (Wildman–Crippen MR) is 417 cm³/mol. The van der Waals surface area contributed by atoms with Gasteiger partial charge < -0.3 is 124 Å². The van der Waals surface area contributed by atoms with Crippen LogP contribution >= 0.6 is 0 Å². The number of aromatic amines is 2. The van der Waals surface area contributed by atoms with Crippen LogP contribution in [-0.4, -0.2) is 94.2 Å². The second kappa shape index (κ2) is 26.4. The molecule has 25 rings (SSSR count). The van der Waals surface area contributed by atoms with Gasteiger partial charge in [-0.05, 0) is 146 Å². The van der Waals surface area contributed by atoms with Gasteiger partial charge in [-0.15, -0.1) is 0 Å². The van der Waals surface area contributed by atoms with Crippen LogP contribution in [0.4, 0.5) is 0 Å². The van der Waals surface area contributed by atoms with Crippen LogP contribution in [0.1, 0.15) is 0 Å². The van der Waals surface area contributed by atoms with Gasteiger partial charge >= 0.3 is 0 Å². The van der Waals surface area contributed by atoms with Crippen LogP contribution in [0.25, 0.3) is 89.7 Å². The van der Waals surface area contributed by atoms with Crippen molar-refractivity contribution in [1.29, 1.82) is 0 Å². The van der Waals surface area contributed by atoms with Crippen LogP contribution in [0.15, 0.2) is 194 Å². The number of ether oxygens (including phenoxy) is 24. The fourth-order valence-corrected chi connectivity index (χ4v) is 15.0. The van der Waals surface area contributed by atoms with Crippen molar-refractivity contribution >= 4 is 44.1 Å². The van der Waals surface area contributed by atoms with Gasteiger partial charge in [0.05, 0.1) is 0 Å². The van der Waals surface area contributed by atoms with E-state index in [1.807, 2.05) is 0 Å². The Morgan fingerprint density at radius 2 is 0.333 bits per heavy atom. The van der Waals surface area contributed by atoms with E-state index < -0.39 is 0 Å². The first kappa shape index (κ1) is 66.6. The molecule has 8 bridgehead atoms. The Labute approximate surface area is 672 Å². The molecule has 32 heteroatoms. The zero-order chi connectivity index (χ0) is 78.6. The topological polar surface area (TPSA) is 330 Å². The summed E-state index contributed by atoms with van der Waals surface area (Å²) in [5.41, 5.74) is 2.64. The highest BCUT2D eigenvalue weighted by atomic mass is 16.7. The molecule has 0 saturated carbocycles. The van der Waals surface area contributed by atoms with Gasteiger partial charge in [0, 0.05) is 92.3 Å². The Kier molecular flexibility index (Phi) is 14.6. The van der Waals surface area contributed by atoms with Crippen molar-refractivity contribution in [2.24, 2.45) is 0 Å². The summed E-state index contributed by atoms with van der Waals surface area (Å²) in [5.74, 6) is 13.5. The van der Waals surface area contributed by atoms with E-state index in [-0.39, 0.29) is 146 Å². The summed E-state index contributed by atoms with van der Waals surface area (Å²) in [6.45, 7) is 0.212. The maximum atomic E-state index is 6.92. The van der Waals surface area contributed by atoms with Gasteiger partial charge in [0.1, 0.15) is 68.6 Å². The van der Waals surface area contributed by atoms with Crippen molar-refractivity contribution in [1.82, 2.24) is 39.9 Å². The SMILES string of the molecule is c1cc2c(cc1Oc1cc3c(cc1Oc1ccc4c(c1)OCO4)-c1nc-3nc3[nH]c(nc4nc(nc5[nH]c(n1)c1cc(Oc6ccc7c(c6)OCO7)c(Oc6ccc7c(c6)OCO7)cc51)-c1cc(Oc5ccc6c(c5)OCO6)c(Oc5ccc6c(c5)OCO6)cc1-4)c1cc(Oc4ccc5c(c4)OCO5)c(Oc4ccc5c(c4)OCO5)cc31)OCO2. The Hall–Kier alpha value is -16.8. The molecule has 0 atom stereocenters. The fourth-order valence-electron chi connectivity index (χ4n) is 15.0. The lowest BCUT2D eigenvalue weighted by molar-refractivity contribution is 0.173. The van der Waals surface area contributed by atoms with Gasteiger partial charge in [0.2, 0.25) is 54.3 Å². The van der Waals surface area contributed by atoms with E-state index in [0.717, 1.165) is 0 Å². The van der Waals surface area contributed by atoms with E-state index in [1.165, 1.54) is 0 Å². The summed E-state index contributed by atoms with van der Waals surface area (Å²) in [5, 5.41) is 1.84. The second-order valence-corrected chi connectivity index (χ2v) is 27.9. The molecular weight excluding hydrogens is 1550 g/mol. The highest BCUT2D eigenvalue weighted by molar-refractivity contribution is 6.08. The third-order valence-electron chi connectivity index (χ3n) is 20.7. The number of nitrogens with one attached hydrogen (secondary N) is 2. The monoisotopic (exact) mass is 1600 g/mol. The molecule has 13 heterocycles. The first-order chi connectivity index (χ1) is 59.2. The van der Waals surface area contributed by atoms with E-state index in [2.05, 4.69) is 9.97 Å². The zero-order valence-electron chi connectivity index (χ0n) is 61.6. The minimum absolute atomic E-state index is 0.0264. The molecule has 10 aliphatic rings. The summed E-state index contributed by atoms with van der Waals surface area (Å²) < 4.78 is 148. The third-order valence-corrected chi connectivity index (χ3v) is 20.7. The Morgan fingerprint density at radius 3 is 0.508 bits per heavy atom. The highest BCUT2D eigenvalue weighted by Gasteiger charge is 2.33. The van der Waals surface area contributed by atoms with Gasteiger partial charge in [-0.1, -0.05) is 0 Å². The van der Waals surface area contributed by atoms with Gasteiger partial charge in [0.25, 0.3) is 0 Å². The summed E-state index contributed by atoms with van der Waals surface area (Å²) in [6, 6.07) is 56.3. The van der Waals surface area contributed by atoms with Crippen molar-refractivity contribution in [2.75, 3.05) is 54.3 Å². The minimum atomic E-state index is 0.0264. The summed E-state index contributed by atoms with van der Waals surface area (Å²) in [6.07, 6.45) is 0. The normalized spacial score (nSPS) is 14.1. The molecule has 0 aliphatic carbocycles. The number of hydrogen-bond donors (Lipinski definition) is 2. The molecule has 0 radical (unpaired) electrons. The van der Waals surface area contributed by atoms with Gasteiger partial charge in [0.15, 0.2) is 161 Å². The van der Waals surface area contributed by atoms with E-state index in [4.69, 9.17) is 144 Å². The number of nitrogens with zero attached hydrogens (tertiary/aromatic N) is 6. The molecule has 10 aliphatic heterocycles. The molecule has 0 amide bonds. The number of fused-ring (bicyclic) bond motifs is 28. The molecule has 0 unspecified atom stereocenters. The lowest BCUT2D eigenvalue weighted by Gasteiger charge is -2.15. The van der Waals surface area contributed by atoms with Gasteiger partial charge in [-0.2, -0.15) is 0 Å². The quantitative estimate of drug-likeness (QED) is 0.0907. The van der Waals surface area contributed by atoms with E-state index in [0.29, 0.717) is 182 Å². The van der Waals surface area contributed by atoms with Crippen molar-refractivity contribution in [3.05, 3.63) is 194 Å². The largest absolute Gasteiger partial charge is 0.454 e. The lowest BCUT2D eigenvalue weighted by atomic mass is 10.1. The lowest BCUT2D eigenvalue weighted by Crippen LogP contribution is -1.94. The van der Waals surface area contributed by atoms with E-state index in [1.54, 1.807) is 194 Å². The van der Waals surface area contributed by atoms with Crippen LogP contribution in [0.3, 0.4) is 0 Å². The van der Waals surface area contributed by atoms with E-state index in [9.17, 15) is 0 Å². The van der Waals surface area contributed by atoms with Crippen LogP contribution in [0.5, 0.6) is 184 Å². The number of benzene rings is 12. The molecular formula is C88H50N8O24. The molecule has 120 heavy (non-hydrogen) atoms. The number of rotatable bonds is 16. The maximum Gasteiger partial charge on any atom is 0.231 e. The minimum Gasteiger partial charge on any atom is -0.454 e. The third kappa shape index (κ3) is 11.7. The van der Waals surface area contributed by atoms with Gasteiger partial charge in [-0.25, -0.2) is 29.9 Å². The molecule has 0 fully saturated rings. The first-order valence-corrected chi connectivity index (χ1v) is 37.4. The standard InChI is InChI=1S/C88H50N8O24/c1-9-57-65(105-33-97-57)17-41(1)113-73-25-49-50(26-74(73)114-42-2-10-58-66(18-42)106-34-98-58)82-89-81(49)93-83-51-27-75(115-43-3-11-59-67(19-43)107-35-99-59)76(116-44-4-12-60-68(20-44)108-36-100-60)28-52(51)85(90-83)95-87-55-31-79(119-47-7-15-63-71(23-47)111-39-103-63)80(120-48-8-16-64-72(24-48)112-40-104-64)32-56(55)88(92-87)96-86-54-30-78(118-46-6-14-62-70(22-46)110-38-102-62)77(29-53(54)84(91-86)94-82)117-45-5-13-61-69(21-45)109-37-101-61/h1-32H,33-40H2,(H2,89,90,91,92,93,94,95,96). The Balaban J connectivity index is 0.767. The number of aromatic nitrogens is 8. The molecule has 15 aromatic rings. The molecule has 586 valence electrons. The molecule has 3 aromatic heterocycles. The smallest absolute Gasteiger partial charge is 0.231 e. The van der Waals surface area contributed by atoms with E-state index >= 15 is 0 Å². The molecule has 0 spiro atoms. The first-order valence-electron chi connectivity index (χ1n) is 37.4. The van der Waals surface area contributed by atoms with Crippen molar-refractivity contribution in [3.8, 4) is 230 Å². The van der Waals surface area contributed by atoms with Crippen molar-refractivity contribution in [3.63, 3.8) is 0 Å². The average molecular weight is 1600 g/mol. The summed E-state index contributed by atoms with van der Waals surface area (Å²) in [7, 11) is 0. The van der Waals surface area contributed by atoms with Crippen LogP contribution in [0, 0.1) is 0 Å². The van der Waals surface area contributed by atoms with Gasteiger partial charge in [-0.3, -0.25) is 0 Å². The van der Waals surface area contributed by atoms with Crippen molar-refractivity contribution < 1.29 is 114 Å².